The molecule has 0 bridgehead atoms. The quantitative estimate of drug-likeness (QED) is 0.857. The van der Waals surface area contributed by atoms with Gasteiger partial charge in [-0.2, -0.15) is 0 Å². The summed E-state index contributed by atoms with van der Waals surface area (Å²) in [6, 6.07) is 7.29. The Morgan fingerprint density at radius 1 is 1.32 bits per heavy atom. The molecule has 0 saturated carbocycles. The largest absolute Gasteiger partial charge is 0.497 e. The summed E-state index contributed by atoms with van der Waals surface area (Å²) in [5.41, 5.74) is 0.910. The summed E-state index contributed by atoms with van der Waals surface area (Å²) in [5, 5.41) is 8.93. The van der Waals surface area contributed by atoms with Gasteiger partial charge in [-0.15, -0.1) is 0 Å². The molecule has 1 saturated heterocycles. The average molecular weight is 305 g/mol. The number of carboxylic acid groups (broad SMARTS) is 1. The molecule has 1 aromatic carbocycles. The number of hydrogen-bond donors (Lipinski definition) is 1. The Hall–Kier alpha value is -2.37. The first kappa shape index (κ1) is 16.0. The number of carboxylic acids is 1. The van der Waals surface area contributed by atoms with E-state index in [2.05, 4.69) is 0 Å². The molecule has 1 amide bonds. The van der Waals surface area contributed by atoms with Gasteiger partial charge in [-0.05, 0) is 24.6 Å². The van der Waals surface area contributed by atoms with E-state index >= 15 is 0 Å². The lowest BCUT2D eigenvalue weighted by Gasteiger charge is -2.16. The maximum atomic E-state index is 12.4. The lowest BCUT2D eigenvalue weighted by molar-refractivity contribution is -0.143. The van der Waals surface area contributed by atoms with Crippen molar-refractivity contribution in [2.75, 3.05) is 13.7 Å². The van der Waals surface area contributed by atoms with Crippen molar-refractivity contribution in [3.05, 3.63) is 29.8 Å². The molecule has 0 radical (unpaired) electrons. The van der Waals surface area contributed by atoms with E-state index in [4.69, 9.17) is 9.84 Å². The molecular formula is C16H19NO5. The Kier molecular flexibility index (Phi) is 4.80. The first-order chi connectivity index (χ1) is 10.4. The Labute approximate surface area is 128 Å². The van der Waals surface area contributed by atoms with Crippen LogP contribution in [-0.2, 0) is 20.9 Å². The van der Waals surface area contributed by atoms with E-state index in [1.54, 1.807) is 24.1 Å². The number of nitrogens with zero attached hydrogens (tertiary/aromatic N) is 1. The van der Waals surface area contributed by atoms with Crippen LogP contribution in [0, 0.1) is 11.8 Å². The highest BCUT2D eigenvalue weighted by Gasteiger charge is 2.43. The minimum absolute atomic E-state index is 0.142. The van der Waals surface area contributed by atoms with Gasteiger partial charge in [-0.3, -0.25) is 14.4 Å². The van der Waals surface area contributed by atoms with Crippen LogP contribution >= 0.6 is 0 Å². The van der Waals surface area contributed by atoms with Crippen LogP contribution in [0.2, 0.25) is 0 Å². The molecule has 0 aromatic heterocycles. The normalized spacial score (nSPS) is 21.0. The highest BCUT2D eigenvalue weighted by atomic mass is 16.5. The molecule has 1 aliphatic rings. The average Bonchev–Trinajstić information content (AvgIpc) is 2.77. The van der Waals surface area contributed by atoms with Crippen molar-refractivity contribution in [1.82, 2.24) is 4.90 Å². The number of ether oxygens (including phenoxy) is 1. The highest BCUT2D eigenvalue weighted by Crippen LogP contribution is 2.30. The van der Waals surface area contributed by atoms with Crippen molar-refractivity contribution in [2.45, 2.75) is 19.9 Å². The van der Waals surface area contributed by atoms with Crippen molar-refractivity contribution < 1.29 is 24.2 Å². The number of aliphatic carboxylic acids is 1. The number of amides is 1. The van der Waals surface area contributed by atoms with Crippen LogP contribution in [0.3, 0.4) is 0 Å². The number of carbonyl (C=O) groups is 3. The number of likely N-dealkylation sites (tertiary alicyclic amines) is 1. The second-order valence-corrected chi connectivity index (χ2v) is 5.49. The van der Waals surface area contributed by atoms with E-state index in [1.807, 2.05) is 12.1 Å². The SMILES string of the molecule is COc1ccc(CN2C[C@@H](C(C)=O)[C@H](CC(=O)O)C2=O)cc1. The standard InChI is InChI=1S/C16H19NO5/c1-10(18)14-9-17(16(21)13(14)7-15(19)20)8-11-3-5-12(22-2)6-4-11/h3-6,13-14H,7-9H2,1-2H3,(H,19,20)/t13-,14-/m0/s1. The fourth-order valence-corrected chi connectivity index (χ4v) is 2.78. The summed E-state index contributed by atoms with van der Waals surface area (Å²) < 4.78 is 5.08. The van der Waals surface area contributed by atoms with Gasteiger partial charge in [0.2, 0.25) is 5.91 Å². The molecule has 2 rings (SSSR count). The molecule has 22 heavy (non-hydrogen) atoms. The molecule has 1 aliphatic heterocycles. The summed E-state index contributed by atoms with van der Waals surface area (Å²) in [7, 11) is 1.58. The van der Waals surface area contributed by atoms with Crippen LogP contribution in [0.5, 0.6) is 5.75 Å². The van der Waals surface area contributed by atoms with Crippen LogP contribution in [0.1, 0.15) is 18.9 Å². The molecule has 0 aliphatic carbocycles. The van der Waals surface area contributed by atoms with E-state index in [9.17, 15) is 14.4 Å². The minimum Gasteiger partial charge on any atom is -0.497 e. The molecule has 1 fully saturated rings. The number of methoxy groups -OCH3 is 1. The van der Waals surface area contributed by atoms with Crippen LogP contribution in [0.25, 0.3) is 0 Å². The van der Waals surface area contributed by atoms with Crippen LogP contribution < -0.4 is 4.74 Å². The molecule has 118 valence electrons. The third-order valence-corrected chi connectivity index (χ3v) is 3.98. The summed E-state index contributed by atoms with van der Waals surface area (Å²) >= 11 is 0. The molecule has 2 atom stereocenters. The van der Waals surface area contributed by atoms with Crippen molar-refractivity contribution in [3.63, 3.8) is 0 Å². The van der Waals surface area contributed by atoms with Gasteiger partial charge in [0.1, 0.15) is 11.5 Å². The van der Waals surface area contributed by atoms with Gasteiger partial charge in [0.15, 0.2) is 0 Å². The van der Waals surface area contributed by atoms with Crippen LogP contribution in [0.15, 0.2) is 24.3 Å². The van der Waals surface area contributed by atoms with Crippen molar-refractivity contribution in [2.24, 2.45) is 11.8 Å². The van der Waals surface area contributed by atoms with E-state index in [1.165, 1.54) is 6.92 Å². The van der Waals surface area contributed by atoms with E-state index in [0.29, 0.717) is 6.54 Å². The monoisotopic (exact) mass is 305 g/mol. The zero-order valence-electron chi connectivity index (χ0n) is 12.6. The Balaban J connectivity index is 2.12. The number of ketones is 1. The predicted octanol–water partition coefficient (Wildman–Crippen LogP) is 1.33. The topological polar surface area (TPSA) is 83.9 Å². The third-order valence-electron chi connectivity index (χ3n) is 3.98. The molecule has 0 unspecified atom stereocenters. The second-order valence-electron chi connectivity index (χ2n) is 5.49. The van der Waals surface area contributed by atoms with Gasteiger partial charge >= 0.3 is 5.97 Å². The maximum Gasteiger partial charge on any atom is 0.304 e. The fourth-order valence-electron chi connectivity index (χ4n) is 2.78. The predicted molar refractivity (Wildman–Crippen MR) is 78.3 cm³/mol. The first-order valence-corrected chi connectivity index (χ1v) is 7.06. The number of carbonyl (C=O) groups excluding carboxylic acids is 2. The van der Waals surface area contributed by atoms with E-state index in [0.717, 1.165) is 11.3 Å². The number of benzene rings is 1. The van der Waals surface area contributed by atoms with Gasteiger partial charge in [-0.1, -0.05) is 12.1 Å². The zero-order chi connectivity index (χ0) is 16.3. The zero-order valence-corrected chi connectivity index (χ0v) is 12.6. The van der Waals surface area contributed by atoms with Crippen LogP contribution in [0.4, 0.5) is 0 Å². The van der Waals surface area contributed by atoms with Crippen molar-refractivity contribution in [3.8, 4) is 5.75 Å². The first-order valence-electron chi connectivity index (χ1n) is 7.06. The van der Waals surface area contributed by atoms with Crippen molar-refractivity contribution in [1.29, 1.82) is 0 Å². The lowest BCUT2D eigenvalue weighted by Crippen LogP contribution is -2.27. The molecule has 0 spiro atoms. The van der Waals surface area contributed by atoms with Crippen LogP contribution in [-0.4, -0.2) is 41.3 Å². The lowest BCUT2D eigenvalue weighted by atomic mass is 9.89. The smallest absolute Gasteiger partial charge is 0.304 e. The fraction of sp³-hybridized carbons (Fsp3) is 0.438. The second kappa shape index (κ2) is 6.60. The molecule has 6 heteroatoms. The summed E-state index contributed by atoms with van der Waals surface area (Å²) in [5.74, 6) is -2.04. The number of rotatable bonds is 6. The van der Waals surface area contributed by atoms with E-state index < -0.39 is 17.8 Å². The molecule has 1 aromatic rings. The van der Waals surface area contributed by atoms with E-state index in [-0.39, 0.29) is 24.7 Å². The molecule has 1 N–H and O–H groups in total. The molecule has 6 nitrogen and oxygen atoms in total. The third kappa shape index (κ3) is 3.44. The summed E-state index contributed by atoms with van der Waals surface area (Å²) in [6.07, 6.45) is -0.303. The summed E-state index contributed by atoms with van der Waals surface area (Å²) in [6.45, 7) is 2.05. The Morgan fingerprint density at radius 2 is 1.95 bits per heavy atom. The van der Waals surface area contributed by atoms with Gasteiger partial charge in [0.25, 0.3) is 0 Å². The Bertz CT molecular complexity index is 581. The van der Waals surface area contributed by atoms with Gasteiger partial charge in [0, 0.05) is 19.0 Å². The Morgan fingerprint density at radius 3 is 2.45 bits per heavy atom. The van der Waals surface area contributed by atoms with Gasteiger partial charge in [-0.25, -0.2) is 0 Å². The number of Topliss-reactive ketones (excluding diaryl/α,β-unsaturated/α-hetero) is 1. The minimum atomic E-state index is -1.06. The van der Waals surface area contributed by atoms with Gasteiger partial charge in [0.05, 0.1) is 19.4 Å². The molecular weight excluding hydrogens is 286 g/mol. The van der Waals surface area contributed by atoms with Gasteiger partial charge < -0.3 is 14.7 Å². The summed E-state index contributed by atoms with van der Waals surface area (Å²) in [4.78, 5) is 36.5. The molecule has 1 heterocycles. The van der Waals surface area contributed by atoms with Crippen molar-refractivity contribution >= 4 is 17.7 Å². The number of hydrogen-bond acceptors (Lipinski definition) is 4. The maximum absolute atomic E-state index is 12.4. The highest BCUT2D eigenvalue weighted by molar-refractivity contribution is 5.93.